The molecule has 2 aromatic rings. The lowest BCUT2D eigenvalue weighted by Crippen LogP contribution is -2.29. The van der Waals surface area contributed by atoms with Crippen LogP contribution in [0.1, 0.15) is 36.6 Å². The molecular formula is C18H21NO2. The average Bonchev–Trinajstić information content (AvgIpc) is 2.55. The Morgan fingerprint density at radius 1 is 1.19 bits per heavy atom. The van der Waals surface area contributed by atoms with Crippen LogP contribution in [0.3, 0.4) is 0 Å². The maximum absolute atomic E-state index is 5.74. The predicted molar refractivity (Wildman–Crippen MR) is 83.8 cm³/mol. The molecule has 110 valence electrons. The third-order valence-corrected chi connectivity index (χ3v) is 4.01. The molecule has 2 aromatic carbocycles. The van der Waals surface area contributed by atoms with Gasteiger partial charge >= 0.3 is 0 Å². The molecule has 1 aliphatic rings. The fourth-order valence-electron chi connectivity index (χ4n) is 2.81. The second-order valence-corrected chi connectivity index (χ2v) is 5.39. The van der Waals surface area contributed by atoms with Crippen molar-refractivity contribution in [1.82, 2.24) is 5.32 Å². The Morgan fingerprint density at radius 3 is 2.76 bits per heavy atom. The smallest absolute Gasteiger partial charge is 0.124 e. The van der Waals surface area contributed by atoms with Gasteiger partial charge in [-0.1, -0.05) is 30.3 Å². The van der Waals surface area contributed by atoms with Crippen LogP contribution < -0.4 is 14.8 Å². The van der Waals surface area contributed by atoms with E-state index in [4.69, 9.17) is 9.47 Å². The van der Waals surface area contributed by atoms with Gasteiger partial charge in [0.25, 0.3) is 0 Å². The Balaban J connectivity index is 1.81. The van der Waals surface area contributed by atoms with E-state index in [-0.39, 0.29) is 0 Å². The maximum atomic E-state index is 5.74. The van der Waals surface area contributed by atoms with E-state index >= 15 is 0 Å². The van der Waals surface area contributed by atoms with E-state index in [1.165, 1.54) is 11.1 Å². The summed E-state index contributed by atoms with van der Waals surface area (Å²) in [6.45, 7) is 2.95. The van der Waals surface area contributed by atoms with Gasteiger partial charge in [-0.05, 0) is 30.7 Å². The highest BCUT2D eigenvalue weighted by Gasteiger charge is 2.23. The van der Waals surface area contributed by atoms with Crippen LogP contribution >= 0.6 is 0 Å². The van der Waals surface area contributed by atoms with Crippen LogP contribution in [0.25, 0.3) is 0 Å². The summed E-state index contributed by atoms with van der Waals surface area (Å²) in [5.41, 5.74) is 2.48. The summed E-state index contributed by atoms with van der Waals surface area (Å²) < 4.78 is 11.1. The predicted octanol–water partition coefficient (Wildman–Crippen LogP) is 3.87. The van der Waals surface area contributed by atoms with E-state index < -0.39 is 0 Å². The van der Waals surface area contributed by atoms with E-state index in [1.807, 2.05) is 18.2 Å². The number of ether oxygens (including phenoxy) is 2. The van der Waals surface area contributed by atoms with Gasteiger partial charge in [-0.25, -0.2) is 0 Å². The minimum atomic E-state index is 0.291. The van der Waals surface area contributed by atoms with Gasteiger partial charge in [0.1, 0.15) is 11.5 Å². The SMILES string of the molecule is COc1ccc2c(c1)C(NC(C)c1ccccc1)CCO2. The molecule has 3 heteroatoms. The highest BCUT2D eigenvalue weighted by atomic mass is 16.5. The van der Waals surface area contributed by atoms with Crippen molar-refractivity contribution in [2.45, 2.75) is 25.4 Å². The fourth-order valence-corrected chi connectivity index (χ4v) is 2.81. The molecule has 0 aromatic heterocycles. The first-order chi connectivity index (χ1) is 10.3. The van der Waals surface area contributed by atoms with Gasteiger partial charge in [-0.15, -0.1) is 0 Å². The minimum Gasteiger partial charge on any atom is -0.497 e. The number of rotatable bonds is 4. The molecule has 0 aliphatic carbocycles. The van der Waals surface area contributed by atoms with Crippen LogP contribution in [-0.4, -0.2) is 13.7 Å². The molecule has 0 amide bonds. The Labute approximate surface area is 125 Å². The number of hydrogen-bond donors (Lipinski definition) is 1. The molecule has 0 spiro atoms. The zero-order chi connectivity index (χ0) is 14.7. The molecule has 1 heterocycles. The molecule has 0 saturated carbocycles. The van der Waals surface area contributed by atoms with E-state index in [9.17, 15) is 0 Å². The third kappa shape index (κ3) is 3.03. The van der Waals surface area contributed by atoms with Crippen LogP contribution in [0.15, 0.2) is 48.5 Å². The summed E-state index contributed by atoms with van der Waals surface area (Å²) in [5, 5.41) is 3.71. The quantitative estimate of drug-likeness (QED) is 0.924. The van der Waals surface area contributed by atoms with Gasteiger partial charge in [0.05, 0.1) is 13.7 Å². The summed E-state index contributed by atoms with van der Waals surface area (Å²) >= 11 is 0. The molecule has 1 aliphatic heterocycles. The molecule has 1 N–H and O–H groups in total. The standard InChI is InChI=1S/C18H21NO2/c1-13(14-6-4-3-5-7-14)19-17-10-11-21-18-9-8-15(20-2)12-16(17)18/h3-9,12-13,17,19H,10-11H2,1-2H3. The van der Waals surface area contributed by atoms with Crippen molar-refractivity contribution in [1.29, 1.82) is 0 Å². The number of benzene rings is 2. The van der Waals surface area contributed by atoms with Crippen molar-refractivity contribution in [3.8, 4) is 11.5 Å². The molecule has 3 rings (SSSR count). The summed E-state index contributed by atoms with van der Waals surface area (Å²) in [4.78, 5) is 0. The Hall–Kier alpha value is -2.00. The first-order valence-electron chi connectivity index (χ1n) is 7.39. The van der Waals surface area contributed by atoms with Crippen LogP contribution in [0.4, 0.5) is 0 Å². The normalized spacial score (nSPS) is 18.5. The minimum absolute atomic E-state index is 0.291. The summed E-state index contributed by atoms with van der Waals surface area (Å²) in [6, 6.07) is 17.1. The first-order valence-corrected chi connectivity index (χ1v) is 7.39. The lowest BCUT2D eigenvalue weighted by molar-refractivity contribution is 0.245. The molecular weight excluding hydrogens is 262 g/mol. The average molecular weight is 283 g/mol. The number of fused-ring (bicyclic) bond motifs is 1. The molecule has 2 unspecified atom stereocenters. The molecule has 2 atom stereocenters. The number of hydrogen-bond acceptors (Lipinski definition) is 3. The Morgan fingerprint density at radius 2 is 2.00 bits per heavy atom. The molecule has 3 nitrogen and oxygen atoms in total. The topological polar surface area (TPSA) is 30.5 Å². The summed E-state index contributed by atoms with van der Waals surface area (Å²) in [7, 11) is 1.69. The number of methoxy groups -OCH3 is 1. The van der Waals surface area contributed by atoms with Gasteiger partial charge in [0.2, 0.25) is 0 Å². The molecule has 0 radical (unpaired) electrons. The van der Waals surface area contributed by atoms with Crippen molar-refractivity contribution in [2.75, 3.05) is 13.7 Å². The van der Waals surface area contributed by atoms with E-state index in [0.29, 0.717) is 12.1 Å². The lowest BCUT2D eigenvalue weighted by Gasteiger charge is -2.30. The third-order valence-electron chi connectivity index (χ3n) is 4.01. The Kier molecular flexibility index (Phi) is 4.11. The second kappa shape index (κ2) is 6.19. The van der Waals surface area contributed by atoms with E-state index in [1.54, 1.807) is 7.11 Å². The molecule has 21 heavy (non-hydrogen) atoms. The zero-order valence-electron chi connectivity index (χ0n) is 12.5. The van der Waals surface area contributed by atoms with Crippen LogP contribution in [0.5, 0.6) is 11.5 Å². The van der Waals surface area contributed by atoms with Crippen molar-refractivity contribution in [2.24, 2.45) is 0 Å². The van der Waals surface area contributed by atoms with Crippen molar-refractivity contribution < 1.29 is 9.47 Å². The Bertz CT molecular complexity index is 597. The van der Waals surface area contributed by atoms with E-state index in [2.05, 4.69) is 42.6 Å². The molecule has 0 fully saturated rings. The first kappa shape index (κ1) is 14.0. The van der Waals surface area contributed by atoms with Crippen LogP contribution in [-0.2, 0) is 0 Å². The number of nitrogens with one attached hydrogen (secondary N) is 1. The van der Waals surface area contributed by atoms with Crippen molar-refractivity contribution in [3.05, 3.63) is 59.7 Å². The maximum Gasteiger partial charge on any atom is 0.124 e. The monoisotopic (exact) mass is 283 g/mol. The van der Waals surface area contributed by atoms with Gasteiger partial charge in [-0.2, -0.15) is 0 Å². The fraction of sp³-hybridized carbons (Fsp3) is 0.333. The summed E-state index contributed by atoms with van der Waals surface area (Å²) in [5.74, 6) is 1.83. The van der Waals surface area contributed by atoms with Crippen LogP contribution in [0, 0.1) is 0 Å². The second-order valence-electron chi connectivity index (χ2n) is 5.39. The van der Waals surface area contributed by atoms with E-state index in [0.717, 1.165) is 24.5 Å². The van der Waals surface area contributed by atoms with Crippen molar-refractivity contribution >= 4 is 0 Å². The van der Waals surface area contributed by atoms with Gasteiger partial charge in [-0.3, -0.25) is 0 Å². The molecule has 0 bridgehead atoms. The lowest BCUT2D eigenvalue weighted by atomic mass is 9.98. The van der Waals surface area contributed by atoms with Crippen molar-refractivity contribution in [3.63, 3.8) is 0 Å². The zero-order valence-corrected chi connectivity index (χ0v) is 12.5. The van der Waals surface area contributed by atoms with Crippen LogP contribution in [0.2, 0.25) is 0 Å². The van der Waals surface area contributed by atoms with Gasteiger partial charge in [0, 0.05) is 24.1 Å². The van der Waals surface area contributed by atoms with Gasteiger partial charge < -0.3 is 14.8 Å². The highest BCUT2D eigenvalue weighted by Crippen LogP contribution is 2.36. The largest absolute Gasteiger partial charge is 0.497 e. The summed E-state index contributed by atoms with van der Waals surface area (Å²) in [6.07, 6.45) is 0.970. The highest BCUT2D eigenvalue weighted by molar-refractivity contribution is 5.43. The van der Waals surface area contributed by atoms with Gasteiger partial charge in [0.15, 0.2) is 0 Å². The molecule has 0 saturated heterocycles.